The van der Waals surface area contributed by atoms with Gasteiger partial charge in [-0.15, -0.1) is 0 Å². The Bertz CT molecular complexity index is 666. The standard InChI is InChI=1S/C17H22N6O/c24-16-10-14(12-23(16)15-4-2-1-3-5-15)11-21-6-8-22(9-7-21)17-18-13-19-20-17/h1-5,13-14H,6-12H2,(H,18,19,20)/t14-/m0/s1. The second kappa shape index (κ2) is 6.60. The molecule has 4 rings (SSSR count). The van der Waals surface area contributed by atoms with Crippen LogP contribution >= 0.6 is 0 Å². The van der Waals surface area contributed by atoms with Crippen molar-refractivity contribution in [2.24, 2.45) is 5.92 Å². The number of rotatable bonds is 4. The average molecular weight is 326 g/mol. The van der Waals surface area contributed by atoms with Gasteiger partial charge in [-0.1, -0.05) is 18.2 Å². The zero-order chi connectivity index (χ0) is 16.4. The van der Waals surface area contributed by atoms with E-state index in [-0.39, 0.29) is 5.91 Å². The molecule has 24 heavy (non-hydrogen) atoms. The largest absolute Gasteiger partial charge is 0.339 e. The molecular formula is C17H22N6O. The van der Waals surface area contributed by atoms with Gasteiger partial charge in [0, 0.05) is 51.4 Å². The van der Waals surface area contributed by atoms with Crippen LogP contribution in [0.1, 0.15) is 6.42 Å². The van der Waals surface area contributed by atoms with Crippen LogP contribution in [0.15, 0.2) is 36.7 Å². The van der Waals surface area contributed by atoms with Gasteiger partial charge < -0.3 is 9.80 Å². The minimum atomic E-state index is 0.242. The molecular weight excluding hydrogens is 304 g/mol. The topological polar surface area (TPSA) is 68.4 Å². The zero-order valence-electron chi connectivity index (χ0n) is 13.6. The van der Waals surface area contributed by atoms with Crippen molar-refractivity contribution in [1.82, 2.24) is 20.1 Å². The normalized spacial score (nSPS) is 22.3. The fraction of sp³-hybridized carbons (Fsp3) is 0.471. The van der Waals surface area contributed by atoms with Gasteiger partial charge in [-0.2, -0.15) is 10.1 Å². The van der Waals surface area contributed by atoms with Crippen LogP contribution in [-0.2, 0) is 4.79 Å². The molecule has 0 aliphatic carbocycles. The lowest BCUT2D eigenvalue weighted by Crippen LogP contribution is -2.48. The highest BCUT2D eigenvalue weighted by atomic mass is 16.2. The number of hydrogen-bond donors (Lipinski definition) is 1. The Balaban J connectivity index is 1.30. The third-order valence-electron chi connectivity index (χ3n) is 4.86. The number of amides is 1. The molecule has 0 radical (unpaired) electrons. The Kier molecular flexibility index (Phi) is 4.17. The number of H-pyrrole nitrogens is 1. The molecule has 7 heteroatoms. The highest BCUT2D eigenvalue weighted by molar-refractivity contribution is 5.95. The van der Waals surface area contributed by atoms with Crippen LogP contribution in [0.2, 0.25) is 0 Å². The number of para-hydroxylation sites is 1. The number of aromatic amines is 1. The van der Waals surface area contributed by atoms with E-state index in [1.165, 1.54) is 0 Å². The average Bonchev–Trinajstić information content (AvgIpc) is 3.26. The van der Waals surface area contributed by atoms with E-state index in [4.69, 9.17) is 0 Å². The summed E-state index contributed by atoms with van der Waals surface area (Å²) in [5.74, 6) is 1.50. The number of nitrogens with one attached hydrogen (secondary N) is 1. The second-order valence-corrected chi connectivity index (χ2v) is 6.51. The van der Waals surface area contributed by atoms with Crippen LogP contribution in [0.4, 0.5) is 11.6 Å². The van der Waals surface area contributed by atoms with Crippen LogP contribution in [0.5, 0.6) is 0 Å². The van der Waals surface area contributed by atoms with Gasteiger partial charge in [0.05, 0.1) is 0 Å². The van der Waals surface area contributed by atoms with E-state index in [1.54, 1.807) is 6.33 Å². The quantitative estimate of drug-likeness (QED) is 0.907. The summed E-state index contributed by atoms with van der Waals surface area (Å²) in [6.45, 7) is 5.69. The molecule has 1 N–H and O–H groups in total. The molecule has 0 bridgehead atoms. The molecule has 2 saturated heterocycles. The summed E-state index contributed by atoms with van der Waals surface area (Å²) in [5, 5.41) is 6.83. The van der Waals surface area contributed by atoms with Crippen molar-refractivity contribution in [3.8, 4) is 0 Å². The minimum absolute atomic E-state index is 0.242. The van der Waals surface area contributed by atoms with E-state index in [9.17, 15) is 4.79 Å². The van der Waals surface area contributed by atoms with Crippen molar-refractivity contribution in [3.05, 3.63) is 36.7 Å². The lowest BCUT2D eigenvalue weighted by atomic mass is 10.1. The smallest absolute Gasteiger partial charge is 0.227 e. The van der Waals surface area contributed by atoms with Crippen LogP contribution < -0.4 is 9.80 Å². The van der Waals surface area contributed by atoms with Crippen molar-refractivity contribution in [3.63, 3.8) is 0 Å². The molecule has 2 aromatic rings. The fourth-order valence-electron chi connectivity index (χ4n) is 3.62. The number of piperazine rings is 1. The molecule has 1 aromatic carbocycles. The van der Waals surface area contributed by atoms with Gasteiger partial charge in [-0.3, -0.25) is 9.69 Å². The van der Waals surface area contributed by atoms with E-state index >= 15 is 0 Å². The number of benzene rings is 1. The van der Waals surface area contributed by atoms with Crippen molar-refractivity contribution in [2.75, 3.05) is 49.1 Å². The number of hydrogen-bond acceptors (Lipinski definition) is 5. The molecule has 0 spiro atoms. The number of carbonyl (C=O) groups is 1. The summed E-state index contributed by atoms with van der Waals surface area (Å²) in [6, 6.07) is 9.97. The van der Waals surface area contributed by atoms with Crippen LogP contribution in [-0.4, -0.2) is 65.3 Å². The summed E-state index contributed by atoms with van der Waals surface area (Å²) < 4.78 is 0. The molecule has 0 saturated carbocycles. The molecule has 1 aromatic heterocycles. The predicted molar refractivity (Wildman–Crippen MR) is 91.9 cm³/mol. The van der Waals surface area contributed by atoms with Crippen LogP contribution in [0.25, 0.3) is 0 Å². The summed E-state index contributed by atoms with van der Waals surface area (Å²) >= 11 is 0. The third-order valence-corrected chi connectivity index (χ3v) is 4.86. The lowest BCUT2D eigenvalue weighted by molar-refractivity contribution is -0.117. The number of carbonyl (C=O) groups excluding carboxylic acids is 1. The van der Waals surface area contributed by atoms with Gasteiger partial charge in [-0.05, 0) is 18.1 Å². The second-order valence-electron chi connectivity index (χ2n) is 6.51. The summed E-state index contributed by atoms with van der Waals surface area (Å²) in [5.41, 5.74) is 1.01. The van der Waals surface area contributed by atoms with E-state index in [1.807, 2.05) is 35.2 Å². The van der Waals surface area contributed by atoms with E-state index in [2.05, 4.69) is 25.0 Å². The molecule has 2 fully saturated rings. The SMILES string of the molecule is O=C1C[C@@H](CN2CCN(c3ncn[nH]3)CC2)CN1c1ccccc1. The van der Waals surface area contributed by atoms with Crippen molar-refractivity contribution in [2.45, 2.75) is 6.42 Å². The van der Waals surface area contributed by atoms with Crippen LogP contribution in [0, 0.1) is 5.92 Å². The number of aromatic nitrogens is 3. The molecule has 2 aliphatic rings. The first-order chi connectivity index (χ1) is 11.8. The summed E-state index contributed by atoms with van der Waals surface area (Å²) in [4.78, 5) is 23.1. The van der Waals surface area contributed by atoms with Crippen molar-refractivity contribution >= 4 is 17.5 Å². The zero-order valence-corrected chi connectivity index (χ0v) is 13.6. The molecule has 126 valence electrons. The molecule has 7 nitrogen and oxygen atoms in total. The van der Waals surface area contributed by atoms with Gasteiger partial charge in [0.1, 0.15) is 6.33 Å². The maximum Gasteiger partial charge on any atom is 0.227 e. The summed E-state index contributed by atoms with van der Waals surface area (Å²) in [6.07, 6.45) is 2.20. The Morgan fingerprint density at radius 1 is 1.12 bits per heavy atom. The van der Waals surface area contributed by atoms with Gasteiger partial charge in [0.2, 0.25) is 11.9 Å². The molecule has 0 unspecified atom stereocenters. The van der Waals surface area contributed by atoms with E-state index < -0.39 is 0 Å². The Morgan fingerprint density at radius 3 is 2.62 bits per heavy atom. The predicted octanol–water partition coefficient (Wildman–Crippen LogP) is 0.980. The fourth-order valence-corrected chi connectivity index (χ4v) is 3.62. The highest BCUT2D eigenvalue weighted by Gasteiger charge is 2.32. The lowest BCUT2D eigenvalue weighted by Gasteiger charge is -2.35. The molecule has 2 aliphatic heterocycles. The van der Waals surface area contributed by atoms with Gasteiger partial charge >= 0.3 is 0 Å². The maximum atomic E-state index is 12.3. The van der Waals surface area contributed by atoms with Crippen molar-refractivity contribution in [1.29, 1.82) is 0 Å². The van der Waals surface area contributed by atoms with E-state index in [0.717, 1.165) is 50.9 Å². The minimum Gasteiger partial charge on any atom is -0.339 e. The number of anilines is 2. The van der Waals surface area contributed by atoms with Gasteiger partial charge in [0.25, 0.3) is 0 Å². The monoisotopic (exact) mass is 326 g/mol. The first-order valence-corrected chi connectivity index (χ1v) is 8.47. The maximum absolute atomic E-state index is 12.3. The molecule has 3 heterocycles. The van der Waals surface area contributed by atoms with Gasteiger partial charge in [0.15, 0.2) is 0 Å². The van der Waals surface area contributed by atoms with Crippen LogP contribution in [0.3, 0.4) is 0 Å². The number of nitrogens with zero attached hydrogens (tertiary/aromatic N) is 5. The first-order valence-electron chi connectivity index (χ1n) is 8.47. The molecule has 1 amide bonds. The van der Waals surface area contributed by atoms with Crippen molar-refractivity contribution < 1.29 is 4.79 Å². The third kappa shape index (κ3) is 3.12. The highest BCUT2D eigenvalue weighted by Crippen LogP contribution is 2.25. The molecule has 1 atom stereocenters. The van der Waals surface area contributed by atoms with Gasteiger partial charge in [-0.25, -0.2) is 5.10 Å². The summed E-state index contributed by atoms with van der Waals surface area (Å²) in [7, 11) is 0. The van der Waals surface area contributed by atoms with E-state index in [0.29, 0.717) is 12.3 Å². The first kappa shape index (κ1) is 15.1. The Morgan fingerprint density at radius 2 is 1.92 bits per heavy atom. The Labute approximate surface area is 141 Å². The Hall–Kier alpha value is -2.41.